The smallest absolute Gasteiger partial charge is 0.349 e. The van der Waals surface area contributed by atoms with Crippen LogP contribution < -0.4 is 10.6 Å². The Morgan fingerprint density at radius 3 is 2.81 bits per heavy atom. The van der Waals surface area contributed by atoms with E-state index < -0.39 is 17.8 Å². The van der Waals surface area contributed by atoms with Crippen molar-refractivity contribution in [2.45, 2.75) is 25.1 Å². The molecule has 8 heteroatoms. The van der Waals surface area contributed by atoms with Gasteiger partial charge in [-0.15, -0.1) is 0 Å². The predicted molar refractivity (Wildman–Crippen MR) is 90.3 cm³/mol. The Morgan fingerprint density at radius 2 is 2.15 bits per heavy atom. The third-order valence-electron chi connectivity index (χ3n) is 4.78. The van der Waals surface area contributed by atoms with Gasteiger partial charge in [0.2, 0.25) is 5.91 Å². The lowest BCUT2D eigenvalue weighted by atomic mass is 9.90. The number of alkyl halides is 3. The van der Waals surface area contributed by atoms with Crippen LogP contribution in [0.2, 0.25) is 0 Å². The summed E-state index contributed by atoms with van der Waals surface area (Å²) in [4.78, 5) is 12.7. The summed E-state index contributed by atoms with van der Waals surface area (Å²) in [6.07, 6.45) is -0.775. The van der Waals surface area contributed by atoms with Gasteiger partial charge in [-0.1, -0.05) is 12.1 Å². The van der Waals surface area contributed by atoms with Gasteiger partial charge in [-0.3, -0.25) is 9.48 Å². The fourth-order valence-electron chi connectivity index (χ4n) is 3.32. The van der Waals surface area contributed by atoms with Crippen molar-refractivity contribution in [3.05, 3.63) is 53.3 Å². The molecule has 1 fully saturated rings. The molecule has 1 aliphatic rings. The van der Waals surface area contributed by atoms with Crippen molar-refractivity contribution < 1.29 is 18.0 Å². The number of benzene rings is 1. The molecule has 140 valence electrons. The van der Waals surface area contributed by atoms with Gasteiger partial charge in [-0.05, 0) is 30.2 Å². The Hall–Kier alpha value is -2.35. The Kier molecular flexibility index (Phi) is 5.04. The molecule has 2 aromatic rings. The van der Waals surface area contributed by atoms with Crippen LogP contribution in [0, 0.1) is 5.92 Å². The van der Waals surface area contributed by atoms with Crippen LogP contribution in [0.5, 0.6) is 0 Å². The zero-order chi connectivity index (χ0) is 18.9. The zero-order valence-electron chi connectivity index (χ0n) is 14.5. The van der Waals surface area contributed by atoms with Crippen molar-refractivity contribution in [2.24, 2.45) is 13.0 Å². The van der Waals surface area contributed by atoms with Crippen molar-refractivity contribution in [2.75, 3.05) is 13.1 Å². The molecule has 1 amide bonds. The molecule has 1 aliphatic heterocycles. The van der Waals surface area contributed by atoms with Crippen LogP contribution >= 0.6 is 0 Å². The second-order valence-corrected chi connectivity index (χ2v) is 6.67. The predicted octanol–water partition coefficient (Wildman–Crippen LogP) is 2.62. The molecule has 2 heterocycles. The minimum absolute atomic E-state index is 0.00240. The maximum absolute atomic E-state index is 12.9. The van der Waals surface area contributed by atoms with Crippen LogP contribution in [0.4, 0.5) is 13.2 Å². The number of hydrogen-bond donors (Lipinski definition) is 2. The highest BCUT2D eigenvalue weighted by molar-refractivity contribution is 5.81. The van der Waals surface area contributed by atoms with Crippen LogP contribution in [0.3, 0.4) is 0 Å². The highest BCUT2D eigenvalue weighted by Gasteiger charge is 2.35. The largest absolute Gasteiger partial charge is 0.416 e. The maximum atomic E-state index is 12.9. The molecule has 0 spiro atoms. The molecule has 3 atom stereocenters. The first-order valence-electron chi connectivity index (χ1n) is 8.42. The third kappa shape index (κ3) is 3.90. The molecule has 3 rings (SSSR count). The number of hydrogen-bond acceptors (Lipinski definition) is 3. The van der Waals surface area contributed by atoms with E-state index in [4.69, 9.17) is 0 Å². The Bertz CT molecular complexity index is 787. The van der Waals surface area contributed by atoms with Gasteiger partial charge < -0.3 is 10.6 Å². The fraction of sp³-hybridized carbons (Fsp3) is 0.444. The number of nitrogens with zero attached hydrogens (tertiary/aromatic N) is 2. The van der Waals surface area contributed by atoms with Gasteiger partial charge in [-0.2, -0.15) is 18.3 Å². The number of nitrogens with one attached hydrogen (secondary N) is 2. The minimum atomic E-state index is -4.40. The van der Waals surface area contributed by atoms with Gasteiger partial charge in [0.15, 0.2) is 0 Å². The summed E-state index contributed by atoms with van der Waals surface area (Å²) in [5.74, 6) is -0.460. The van der Waals surface area contributed by atoms with Crippen molar-refractivity contribution >= 4 is 5.91 Å². The summed E-state index contributed by atoms with van der Waals surface area (Å²) < 4.78 is 40.3. The van der Waals surface area contributed by atoms with Crippen LogP contribution in [-0.2, 0) is 18.0 Å². The maximum Gasteiger partial charge on any atom is 0.416 e. The lowest BCUT2D eigenvalue weighted by Gasteiger charge is -2.21. The molecule has 0 radical (unpaired) electrons. The molecule has 0 saturated carbocycles. The van der Waals surface area contributed by atoms with Gasteiger partial charge >= 0.3 is 6.18 Å². The quantitative estimate of drug-likeness (QED) is 0.875. The van der Waals surface area contributed by atoms with Gasteiger partial charge in [0.25, 0.3) is 0 Å². The number of aryl methyl sites for hydroxylation is 1. The van der Waals surface area contributed by atoms with Crippen LogP contribution in [0.25, 0.3) is 0 Å². The summed E-state index contributed by atoms with van der Waals surface area (Å²) in [6, 6.07) is 4.54. The molecule has 1 aromatic heterocycles. The first kappa shape index (κ1) is 18.4. The Balaban J connectivity index is 1.71. The molecule has 1 saturated heterocycles. The number of carbonyl (C=O) groups excluding carboxylic acids is 1. The van der Waals surface area contributed by atoms with Gasteiger partial charge in [0.05, 0.1) is 23.7 Å². The minimum Gasteiger partial charge on any atom is -0.349 e. The summed E-state index contributed by atoms with van der Waals surface area (Å²) >= 11 is 0. The van der Waals surface area contributed by atoms with Crippen LogP contribution in [0.1, 0.15) is 35.6 Å². The van der Waals surface area contributed by atoms with E-state index in [1.165, 1.54) is 6.07 Å². The summed E-state index contributed by atoms with van der Waals surface area (Å²) in [5, 5.41) is 10.2. The second-order valence-electron chi connectivity index (χ2n) is 6.67. The average molecular weight is 366 g/mol. The van der Waals surface area contributed by atoms with E-state index in [0.29, 0.717) is 18.7 Å². The number of amides is 1. The average Bonchev–Trinajstić information content (AvgIpc) is 3.22. The summed E-state index contributed by atoms with van der Waals surface area (Å²) in [7, 11) is 1.82. The number of halogens is 3. The molecule has 26 heavy (non-hydrogen) atoms. The Labute approximate surface area is 149 Å². The second kappa shape index (κ2) is 7.11. The first-order valence-corrected chi connectivity index (χ1v) is 8.42. The van der Waals surface area contributed by atoms with Crippen molar-refractivity contribution in [3.63, 3.8) is 0 Å². The van der Waals surface area contributed by atoms with Crippen molar-refractivity contribution in [1.82, 2.24) is 20.4 Å². The lowest BCUT2D eigenvalue weighted by Crippen LogP contribution is -2.36. The molecule has 5 nitrogen and oxygen atoms in total. The monoisotopic (exact) mass is 366 g/mol. The van der Waals surface area contributed by atoms with E-state index in [9.17, 15) is 18.0 Å². The summed E-state index contributed by atoms with van der Waals surface area (Å²) in [5.41, 5.74) is 0.688. The van der Waals surface area contributed by atoms with E-state index in [2.05, 4.69) is 15.7 Å². The normalized spacial score (nSPS) is 21.6. The van der Waals surface area contributed by atoms with Crippen molar-refractivity contribution in [3.8, 4) is 0 Å². The van der Waals surface area contributed by atoms with Gasteiger partial charge in [0, 0.05) is 32.3 Å². The van der Waals surface area contributed by atoms with Crippen LogP contribution in [-0.4, -0.2) is 28.8 Å². The topological polar surface area (TPSA) is 59.0 Å². The third-order valence-corrected chi connectivity index (χ3v) is 4.78. The summed E-state index contributed by atoms with van der Waals surface area (Å²) in [6.45, 7) is 2.89. The molecular weight excluding hydrogens is 345 g/mol. The van der Waals surface area contributed by atoms with Crippen LogP contribution in [0.15, 0.2) is 36.7 Å². The fourth-order valence-corrected chi connectivity index (χ4v) is 3.32. The van der Waals surface area contributed by atoms with E-state index in [1.807, 2.05) is 13.2 Å². The highest BCUT2D eigenvalue weighted by Crippen LogP contribution is 2.31. The van der Waals surface area contributed by atoms with E-state index >= 15 is 0 Å². The van der Waals surface area contributed by atoms with Gasteiger partial charge in [-0.25, -0.2) is 0 Å². The number of carbonyl (C=O) groups is 1. The first-order chi connectivity index (χ1) is 12.3. The zero-order valence-corrected chi connectivity index (χ0v) is 14.5. The molecule has 0 aliphatic carbocycles. The lowest BCUT2D eigenvalue weighted by molar-refractivity contribution is -0.137. The standard InChI is InChI=1S/C18H21F3N4O/c1-11(12-4-3-5-14(6-12)18(19,20)21)24-17(26)16-9-22-8-15(16)13-7-23-25(2)10-13/h3-7,10-11,15-16,22H,8-9H2,1-2H3,(H,24,26)/t11?,15-,16+/m1/s1. The molecule has 1 aromatic carbocycles. The Morgan fingerprint density at radius 1 is 1.38 bits per heavy atom. The van der Waals surface area contributed by atoms with E-state index in [1.54, 1.807) is 23.9 Å². The molecule has 1 unspecified atom stereocenters. The number of rotatable bonds is 4. The number of aromatic nitrogens is 2. The molecular formula is C18H21F3N4O. The van der Waals surface area contributed by atoms with E-state index in [0.717, 1.165) is 17.7 Å². The molecule has 0 bridgehead atoms. The molecule has 2 N–H and O–H groups in total. The van der Waals surface area contributed by atoms with Gasteiger partial charge in [0.1, 0.15) is 0 Å². The highest BCUT2D eigenvalue weighted by atomic mass is 19.4. The van der Waals surface area contributed by atoms with Crippen molar-refractivity contribution in [1.29, 1.82) is 0 Å². The SMILES string of the molecule is CC(NC(=O)[C@H]1CNC[C@@H]1c1cnn(C)c1)c1cccc(C(F)(F)F)c1. The van der Waals surface area contributed by atoms with E-state index in [-0.39, 0.29) is 17.7 Å².